The normalized spacial score (nSPS) is 18.7. The van der Waals surface area contributed by atoms with Gasteiger partial charge >= 0.3 is 0 Å². The molecule has 1 atom stereocenters. The number of carbonyl (C=O) groups is 1. The number of nitrogens with one attached hydrogen (secondary N) is 1. The summed E-state index contributed by atoms with van der Waals surface area (Å²) in [6.07, 6.45) is 3.33. The second-order valence-electron chi connectivity index (χ2n) is 7.76. The summed E-state index contributed by atoms with van der Waals surface area (Å²) >= 11 is 1.74. The molecule has 0 aromatic heterocycles. The van der Waals surface area contributed by atoms with E-state index in [2.05, 4.69) is 11.6 Å². The van der Waals surface area contributed by atoms with Crippen LogP contribution in [0.5, 0.6) is 0 Å². The fraction of sp³-hybridized carbons (Fsp3) is 0.458. The van der Waals surface area contributed by atoms with E-state index in [0.717, 1.165) is 38.1 Å². The predicted molar refractivity (Wildman–Crippen MR) is 122 cm³/mol. The van der Waals surface area contributed by atoms with Crippen LogP contribution in [0.25, 0.3) is 11.1 Å². The lowest BCUT2D eigenvalue weighted by molar-refractivity contribution is -0.132. The topological polar surface area (TPSA) is 41.6 Å². The van der Waals surface area contributed by atoms with Crippen LogP contribution in [-0.2, 0) is 9.53 Å². The van der Waals surface area contributed by atoms with Gasteiger partial charge in [0.25, 0.3) is 0 Å². The molecule has 0 bridgehead atoms. The van der Waals surface area contributed by atoms with Crippen molar-refractivity contribution in [3.63, 3.8) is 0 Å². The number of amides is 1. The molecule has 2 fully saturated rings. The van der Waals surface area contributed by atoms with Crippen LogP contribution in [0.1, 0.15) is 26.2 Å². The van der Waals surface area contributed by atoms with Gasteiger partial charge in [0.05, 0.1) is 24.8 Å². The van der Waals surface area contributed by atoms with Crippen molar-refractivity contribution in [3.05, 3.63) is 60.2 Å². The minimum atomic E-state index is -0.531. The van der Waals surface area contributed by atoms with Crippen molar-refractivity contribution < 1.29 is 18.3 Å². The van der Waals surface area contributed by atoms with Gasteiger partial charge in [-0.3, -0.25) is 9.52 Å². The third kappa shape index (κ3) is 7.30. The maximum Gasteiger partial charge on any atom is 0.225 e. The van der Waals surface area contributed by atoms with E-state index < -0.39 is 11.6 Å². The molecule has 168 valence electrons. The first-order chi connectivity index (χ1) is 15.1. The largest absolute Gasteiger partial charge is 0.378 e. The average Bonchev–Trinajstić information content (AvgIpc) is 3.63. The molecule has 7 heteroatoms. The van der Waals surface area contributed by atoms with E-state index in [9.17, 15) is 13.6 Å². The molecular formula is C24H30F2N2O2S. The predicted octanol–water partition coefficient (Wildman–Crippen LogP) is 4.90. The minimum absolute atomic E-state index is 0.0353. The number of carbonyl (C=O) groups excluding carboxylic acids is 1. The van der Waals surface area contributed by atoms with Crippen molar-refractivity contribution in [3.8, 4) is 11.1 Å². The standard InChI is InChI=1S/C12H8F2.C12H22N2O2S/c13-10-7-4-8-11(14)12(10)9-5-2-1-3-6-9;1-2-7-17-13-11-8-14(5-6-16-9-11)12(15)10-3-4-10/h1-8H;10-11,13H,2-9H2,1H3. The number of hydrogen-bond donors (Lipinski definition) is 1. The minimum Gasteiger partial charge on any atom is -0.378 e. The lowest BCUT2D eigenvalue weighted by atomic mass is 10.0. The highest BCUT2D eigenvalue weighted by molar-refractivity contribution is 7.97. The molecule has 1 N–H and O–H groups in total. The van der Waals surface area contributed by atoms with Gasteiger partial charge < -0.3 is 9.64 Å². The van der Waals surface area contributed by atoms with Crippen molar-refractivity contribution >= 4 is 17.9 Å². The maximum absolute atomic E-state index is 13.3. The fourth-order valence-corrected chi connectivity index (χ4v) is 4.03. The van der Waals surface area contributed by atoms with E-state index in [1.807, 2.05) is 11.0 Å². The number of rotatable bonds is 6. The Bertz CT molecular complexity index is 813. The van der Waals surface area contributed by atoms with Crippen LogP contribution in [0.15, 0.2) is 48.5 Å². The van der Waals surface area contributed by atoms with Gasteiger partial charge in [0.1, 0.15) is 11.6 Å². The second kappa shape index (κ2) is 12.2. The Kier molecular flexibility index (Phi) is 9.31. The number of benzene rings is 2. The summed E-state index contributed by atoms with van der Waals surface area (Å²) < 4.78 is 35.5. The van der Waals surface area contributed by atoms with Crippen LogP contribution >= 0.6 is 11.9 Å². The highest BCUT2D eigenvalue weighted by Crippen LogP contribution is 2.31. The van der Waals surface area contributed by atoms with Gasteiger partial charge in [-0.2, -0.15) is 0 Å². The zero-order valence-corrected chi connectivity index (χ0v) is 18.7. The average molecular weight is 449 g/mol. The van der Waals surface area contributed by atoms with Crippen molar-refractivity contribution in [2.75, 3.05) is 32.1 Å². The molecule has 0 spiro atoms. The summed E-state index contributed by atoms with van der Waals surface area (Å²) in [6.45, 7) is 5.11. The van der Waals surface area contributed by atoms with Gasteiger partial charge in [-0.05, 0) is 37.0 Å². The summed E-state index contributed by atoms with van der Waals surface area (Å²) in [4.78, 5) is 14.0. The van der Waals surface area contributed by atoms with Crippen LogP contribution in [0.3, 0.4) is 0 Å². The van der Waals surface area contributed by atoms with Gasteiger partial charge in [0.2, 0.25) is 5.91 Å². The summed E-state index contributed by atoms with van der Waals surface area (Å²) in [5.74, 6) is 0.694. The van der Waals surface area contributed by atoms with Gasteiger partial charge in [-0.15, -0.1) is 0 Å². The molecule has 31 heavy (non-hydrogen) atoms. The zero-order chi connectivity index (χ0) is 22.1. The van der Waals surface area contributed by atoms with Crippen LogP contribution in [0, 0.1) is 17.6 Å². The maximum atomic E-state index is 13.3. The highest BCUT2D eigenvalue weighted by atomic mass is 32.2. The Morgan fingerprint density at radius 1 is 1.13 bits per heavy atom. The molecule has 2 aromatic carbocycles. The van der Waals surface area contributed by atoms with E-state index in [4.69, 9.17) is 4.74 Å². The number of halogens is 2. The lowest BCUT2D eigenvalue weighted by Gasteiger charge is -2.24. The van der Waals surface area contributed by atoms with Gasteiger partial charge in [-0.1, -0.05) is 55.3 Å². The van der Waals surface area contributed by atoms with Crippen LogP contribution in [0.2, 0.25) is 0 Å². The molecule has 2 aliphatic rings. The molecule has 1 unspecified atom stereocenters. The molecule has 1 saturated carbocycles. The summed E-state index contributed by atoms with van der Waals surface area (Å²) in [7, 11) is 0. The molecule has 4 rings (SSSR count). The number of nitrogens with zero attached hydrogens (tertiary/aromatic N) is 1. The zero-order valence-electron chi connectivity index (χ0n) is 17.9. The summed E-state index contributed by atoms with van der Waals surface area (Å²) in [6, 6.07) is 12.8. The molecule has 2 aromatic rings. The third-order valence-corrected chi connectivity index (χ3v) is 6.20. The smallest absolute Gasteiger partial charge is 0.225 e. The van der Waals surface area contributed by atoms with E-state index in [1.54, 1.807) is 36.2 Å². The molecule has 1 heterocycles. The Labute approximate surface area is 187 Å². The second-order valence-corrected chi connectivity index (χ2v) is 8.69. The lowest BCUT2D eigenvalue weighted by Crippen LogP contribution is -2.42. The number of hydrogen-bond acceptors (Lipinski definition) is 4. The van der Waals surface area contributed by atoms with Gasteiger partial charge in [0, 0.05) is 24.8 Å². The first-order valence-corrected chi connectivity index (χ1v) is 11.8. The molecule has 1 saturated heterocycles. The monoisotopic (exact) mass is 448 g/mol. The summed E-state index contributed by atoms with van der Waals surface area (Å²) in [5.41, 5.74) is 0.594. The van der Waals surface area contributed by atoms with E-state index >= 15 is 0 Å². The van der Waals surface area contributed by atoms with Crippen molar-refractivity contribution in [2.24, 2.45) is 5.92 Å². The Morgan fingerprint density at radius 2 is 1.84 bits per heavy atom. The Balaban J connectivity index is 0.000000179. The molecule has 1 aliphatic heterocycles. The van der Waals surface area contributed by atoms with Gasteiger partial charge in [-0.25, -0.2) is 8.78 Å². The molecule has 0 radical (unpaired) electrons. The van der Waals surface area contributed by atoms with Crippen LogP contribution in [0.4, 0.5) is 8.78 Å². The van der Waals surface area contributed by atoms with E-state index in [1.165, 1.54) is 18.2 Å². The number of ether oxygens (including phenoxy) is 1. The van der Waals surface area contributed by atoms with E-state index in [0.29, 0.717) is 30.6 Å². The van der Waals surface area contributed by atoms with Crippen molar-refractivity contribution in [2.45, 2.75) is 32.2 Å². The van der Waals surface area contributed by atoms with Crippen molar-refractivity contribution in [1.82, 2.24) is 9.62 Å². The quantitative estimate of drug-likeness (QED) is 0.504. The van der Waals surface area contributed by atoms with Gasteiger partial charge in [0.15, 0.2) is 0 Å². The third-order valence-electron chi connectivity index (χ3n) is 5.09. The first kappa shape index (κ1) is 23.7. The van der Waals surface area contributed by atoms with Crippen LogP contribution < -0.4 is 4.72 Å². The molecular weight excluding hydrogens is 418 g/mol. The molecule has 1 aliphatic carbocycles. The molecule has 4 nitrogen and oxygen atoms in total. The molecule has 1 amide bonds. The Hall–Kier alpha value is -1.96. The highest BCUT2D eigenvalue weighted by Gasteiger charge is 2.34. The fourth-order valence-electron chi connectivity index (χ4n) is 3.33. The SMILES string of the molecule is CCCSNC1COCCN(C(=O)C2CC2)C1.Fc1cccc(F)c1-c1ccccc1. The van der Waals surface area contributed by atoms with Crippen LogP contribution in [-0.4, -0.2) is 48.9 Å². The van der Waals surface area contributed by atoms with E-state index in [-0.39, 0.29) is 11.6 Å². The summed E-state index contributed by atoms with van der Waals surface area (Å²) in [5, 5.41) is 0. The Morgan fingerprint density at radius 3 is 2.48 bits per heavy atom. The first-order valence-electron chi connectivity index (χ1n) is 10.8. The van der Waals surface area contributed by atoms with Crippen molar-refractivity contribution in [1.29, 1.82) is 0 Å².